The number of fused-ring (bicyclic) bond motifs is 1. The van der Waals surface area contributed by atoms with Gasteiger partial charge in [-0.1, -0.05) is 18.2 Å². The molecule has 2 N–H and O–H groups in total. The molecule has 140 valence electrons. The highest BCUT2D eigenvalue weighted by atomic mass is 79.9. The first kappa shape index (κ1) is 18.9. The van der Waals surface area contributed by atoms with Gasteiger partial charge in [-0.25, -0.2) is 8.42 Å². The molecule has 0 saturated carbocycles. The van der Waals surface area contributed by atoms with E-state index in [0.29, 0.717) is 12.2 Å². The van der Waals surface area contributed by atoms with E-state index in [-0.39, 0.29) is 32.8 Å². The van der Waals surface area contributed by atoms with Crippen LogP contribution in [-0.2, 0) is 14.8 Å². The average molecular weight is 453 g/mol. The zero-order chi connectivity index (χ0) is 19.6. The minimum absolute atomic E-state index is 0.00846. The van der Waals surface area contributed by atoms with Crippen molar-refractivity contribution in [3.63, 3.8) is 0 Å². The molecule has 0 atom stereocenters. The SMILES string of the molecule is CS(=O)(=O)Nc1cc2oc(Br)c(NC=O)c(=O)c2cc1Oc1ccccc1. The van der Waals surface area contributed by atoms with Crippen LogP contribution in [0.3, 0.4) is 0 Å². The molecule has 0 radical (unpaired) electrons. The number of sulfonamides is 1. The van der Waals surface area contributed by atoms with Crippen molar-refractivity contribution in [1.29, 1.82) is 0 Å². The van der Waals surface area contributed by atoms with Gasteiger partial charge in [0.1, 0.15) is 17.0 Å². The van der Waals surface area contributed by atoms with E-state index < -0.39 is 15.5 Å². The molecule has 3 rings (SSSR count). The predicted molar refractivity (Wildman–Crippen MR) is 105 cm³/mol. The molecule has 27 heavy (non-hydrogen) atoms. The van der Waals surface area contributed by atoms with Crippen LogP contribution in [0.25, 0.3) is 11.0 Å². The monoisotopic (exact) mass is 452 g/mol. The third-order valence-corrected chi connectivity index (χ3v) is 4.57. The van der Waals surface area contributed by atoms with E-state index >= 15 is 0 Å². The summed E-state index contributed by atoms with van der Waals surface area (Å²) in [6, 6.07) is 11.3. The maximum absolute atomic E-state index is 12.6. The van der Waals surface area contributed by atoms with Crippen molar-refractivity contribution in [1.82, 2.24) is 0 Å². The van der Waals surface area contributed by atoms with Gasteiger partial charge < -0.3 is 14.5 Å². The van der Waals surface area contributed by atoms with Crippen LogP contribution in [0, 0.1) is 0 Å². The minimum Gasteiger partial charge on any atom is -0.455 e. The van der Waals surface area contributed by atoms with Crippen molar-refractivity contribution in [3.8, 4) is 11.5 Å². The lowest BCUT2D eigenvalue weighted by molar-refractivity contribution is -0.105. The van der Waals surface area contributed by atoms with Crippen molar-refractivity contribution in [2.45, 2.75) is 0 Å². The molecule has 1 amide bonds. The number of hydrogen-bond donors (Lipinski definition) is 2. The van der Waals surface area contributed by atoms with Gasteiger partial charge in [-0.3, -0.25) is 14.3 Å². The molecule has 2 aromatic carbocycles. The second kappa shape index (κ2) is 7.41. The van der Waals surface area contributed by atoms with Gasteiger partial charge in [0.25, 0.3) is 0 Å². The summed E-state index contributed by atoms with van der Waals surface area (Å²) in [5.74, 6) is 0.548. The molecule has 0 spiro atoms. The summed E-state index contributed by atoms with van der Waals surface area (Å²) >= 11 is 3.07. The fourth-order valence-electron chi connectivity index (χ4n) is 2.35. The molecule has 0 unspecified atom stereocenters. The van der Waals surface area contributed by atoms with Gasteiger partial charge in [0, 0.05) is 6.07 Å². The van der Waals surface area contributed by atoms with E-state index in [1.54, 1.807) is 30.3 Å². The molecule has 1 heterocycles. The Morgan fingerprint density at radius 2 is 1.89 bits per heavy atom. The van der Waals surface area contributed by atoms with Crippen LogP contribution in [0.1, 0.15) is 0 Å². The van der Waals surface area contributed by atoms with E-state index in [2.05, 4.69) is 26.0 Å². The van der Waals surface area contributed by atoms with Crippen molar-refractivity contribution in [3.05, 3.63) is 57.4 Å². The second-order valence-corrected chi connectivity index (χ2v) is 7.94. The van der Waals surface area contributed by atoms with Crippen LogP contribution in [-0.4, -0.2) is 21.1 Å². The van der Waals surface area contributed by atoms with Gasteiger partial charge in [0.2, 0.25) is 21.9 Å². The third kappa shape index (κ3) is 4.29. The maximum Gasteiger partial charge on any atom is 0.229 e. The van der Waals surface area contributed by atoms with Crippen LogP contribution < -0.4 is 20.2 Å². The minimum atomic E-state index is -3.62. The predicted octanol–water partition coefficient (Wildman–Crippen LogP) is 3.29. The molecule has 1 aromatic heterocycles. The highest BCUT2D eigenvalue weighted by molar-refractivity contribution is 9.10. The Morgan fingerprint density at radius 3 is 2.52 bits per heavy atom. The normalized spacial score (nSPS) is 11.2. The molecule has 0 bridgehead atoms. The number of amides is 1. The lowest BCUT2D eigenvalue weighted by Gasteiger charge is -2.14. The number of carbonyl (C=O) groups excluding carboxylic acids is 1. The molecule has 0 aliphatic heterocycles. The first-order valence-electron chi connectivity index (χ1n) is 7.50. The van der Waals surface area contributed by atoms with Gasteiger partial charge in [-0.15, -0.1) is 0 Å². The summed E-state index contributed by atoms with van der Waals surface area (Å²) in [5.41, 5.74) is -0.388. The molecule has 8 nitrogen and oxygen atoms in total. The summed E-state index contributed by atoms with van der Waals surface area (Å²) < 4.78 is 37.0. The van der Waals surface area contributed by atoms with Crippen molar-refractivity contribution < 1.29 is 22.4 Å². The van der Waals surface area contributed by atoms with E-state index in [1.165, 1.54) is 12.1 Å². The van der Waals surface area contributed by atoms with Crippen LogP contribution in [0.2, 0.25) is 0 Å². The highest BCUT2D eigenvalue weighted by Crippen LogP contribution is 2.35. The summed E-state index contributed by atoms with van der Waals surface area (Å²) in [4.78, 5) is 23.4. The molecule has 10 heteroatoms. The topological polar surface area (TPSA) is 115 Å². The van der Waals surface area contributed by atoms with Crippen LogP contribution in [0.4, 0.5) is 11.4 Å². The van der Waals surface area contributed by atoms with Crippen molar-refractivity contribution in [2.75, 3.05) is 16.3 Å². The number of para-hydroxylation sites is 1. The summed E-state index contributed by atoms with van der Waals surface area (Å²) in [5, 5.41) is 2.38. The largest absolute Gasteiger partial charge is 0.455 e. The second-order valence-electron chi connectivity index (χ2n) is 5.48. The zero-order valence-electron chi connectivity index (χ0n) is 13.9. The molecular weight excluding hydrogens is 440 g/mol. The standard InChI is InChI=1S/C17H13BrN2O6S/c1-27(23,24)20-12-8-13-11(16(22)15(19-9-21)17(18)26-13)7-14(12)25-10-5-3-2-4-6-10/h2-9,20H,1H3,(H,19,21). The van der Waals surface area contributed by atoms with Crippen molar-refractivity contribution >= 4 is 54.7 Å². The number of benzene rings is 2. The van der Waals surface area contributed by atoms with Gasteiger partial charge in [0.15, 0.2) is 10.4 Å². The first-order chi connectivity index (χ1) is 12.8. The van der Waals surface area contributed by atoms with Gasteiger partial charge in [0.05, 0.1) is 17.3 Å². The Hall–Kier alpha value is -2.85. The van der Waals surface area contributed by atoms with Crippen LogP contribution in [0.15, 0.2) is 56.3 Å². The number of anilines is 2. The Kier molecular flexibility index (Phi) is 5.19. The Balaban J connectivity index is 2.24. The van der Waals surface area contributed by atoms with Crippen LogP contribution in [0.5, 0.6) is 11.5 Å². The summed E-state index contributed by atoms with van der Waals surface area (Å²) in [6.45, 7) is 0. The van der Waals surface area contributed by atoms with Gasteiger partial charge in [-0.05, 0) is 34.1 Å². The van der Waals surface area contributed by atoms with E-state index in [1.807, 2.05) is 0 Å². The molecular formula is C17H13BrN2O6S. The Morgan fingerprint density at radius 1 is 1.19 bits per heavy atom. The average Bonchev–Trinajstić information content (AvgIpc) is 2.59. The Labute approximate surface area is 162 Å². The van der Waals surface area contributed by atoms with Gasteiger partial charge >= 0.3 is 0 Å². The number of halogens is 1. The lowest BCUT2D eigenvalue weighted by atomic mass is 10.2. The van der Waals surface area contributed by atoms with E-state index in [0.717, 1.165) is 6.26 Å². The molecule has 0 aliphatic carbocycles. The first-order valence-corrected chi connectivity index (χ1v) is 10.2. The molecule has 3 aromatic rings. The smallest absolute Gasteiger partial charge is 0.229 e. The highest BCUT2D eigenvalue weighted by Gasteiger charge is 2.18. The van der Waals surface area contributed by atoms with Crippen molar-refractivity contribution in [2.24, 2.45) is 0 Å². The summed E-state index contributed by atoms with van der Waals surface area (Å²) in [7, 11) is -3.62. The van der Waals surface area contributed by atoms with E-state index in [4.69, 9.17) is 9.15 Å². The number of hydrogen-bond acceptors (Lipinski definition) is 6. The molecule has 0 aliphatic rings. The summed E-state index contributed by atoms with van der Waals surface area (Å²) in [6.07, 6.45) is 1.34. The maximum atomic E-state index is 12.6. The van der Waals surface area contributed by atoms with Crippen LogP contribution >= 0.6 is 15.9 Å². The van der Waals surface area contributed by atoms with E-state index in [9.17, 15) is 18.0 Å². The zero-order valence-corrected chi connectivity index (χ0v) is 16.3. The fraction of sp³-hybridized carbons (Fsp3) is 0.0588. The number of ether oxygens (including phenoxy) is 1. The third-order valence-electron chi connectivity index (χ3n) is 3.42. The number of nitrogens with one attached hydrogen (secondary N) is 2. The quantitative estimate of drug-likeness (QED) is 0.554. The molecule has 0 fully saturated rings. The number of carbonyl (C=O) groups is 1. The fourth-order valence-corrected chi connectivity index (χ4v) is 3.38. The molecule has 0 saturated heterocycles. The Bertz CT molecular complexity index is 1180. The van der Waals surface area contributed by atoms with Gasteiger partial charge in [-0.2, -0.15) is 0 Å². The number of rotatable bonds is 6. The lowest BCUT2D eigenvalue weighted by Crippen LogP contribution is -2.13.